The van der Waals surface area contributed by atoms with Gasteiger partial charge in [-0.15, -0.1) is 11.3 Å². The van der Waals surface area contributed by atoms with Crippen molar-refractivity contribution < 1.29 is 0 Å². The Bertz CT molecular complexity index is 519. The monoisotopic (exact) mass is 260 g/mol. The molecule has 1 aromatic heterocycles. The van der Waals surface area contributed by atoms with Gasteiger partial charge < -0.3 is 5.73 Å². The predicted molar refractivity (Wildman–Crippen MR) is 79.2 cm³/mol. The lowest BCUT2D eigenvalue weighted by Gasteiger charge is -2.22. The van der Waals surface area contributed by atoms with Gasteiger partial charge in [-0.2, -0.15) is 0 Å². The van der Waals surface area contributed by atoms with Crippen molar-refractivity contribution >= 4 is 17.0 Å². The van der Waals surface area contributed by atoms with E-state index < -0.39 is 0 Å². The molecule has 0 fully saturated rings. The van der Waals surface area contributed by atoms with Gasteiger partial charge in [0.2, 0.25) is 0 Å². The Labute approximate surface area is 113 Å². The third-order valence-corrected chi connectivity index (χ3v) is 4.67. The van der Waals surface area contributed by atoms with Crippen molar-refractivity contribution in [1.82, 2.24) is 4.98 Å². The Morgan fingerprint density at radius 1 is 1.17 bits per heavy atom. The molecular weight excluding hydrogens is 240 g/mol. The highest BCUT2D eigenvalue weighted by molar-refractivity contribution is 7.11. The number of rotatable bonds is 3. The Balaban J connectivity index is 2.23. The molecular formula is C15H20N2S. The molecule has 2 rings (SSSR count). The van der Waals surface area contributed by atoms with Crippen LogP contribution in [0.1, 0.15) is 35.0 Å². The van der Waals surface area contributed by atoms with Gasteiger partial charge in [-0.1, -0.05) is 26.0 Å². The van der Waals surface area contributed by atoms with Gasteiger partial charge in [-0.3, -0.25) is 0 Å². The summed E-state index contributed by atoms with van der Waals surface area (Å²) in [5.74, 6) is 0. The van der Waals surface area contributed by atoms with Crippen molar-refractivity contribution in [3.05, 3.63) is 45.4 Å². The van der Waals surface area contributed by atoms with Crippen molar-refractivity contribution in [3.63, 3.8) is 0 Å². The van der Waals surface area contributed by atoms with Crippen LogP contribution in [-0.2, 0) is 11.8 Å². The first kappa shape index (κ1) is 13.1. The van der Waals surface area contributed by atoms with Crippen molar-refractivity contribution in [2.45, 2.75) is 39.5 Å². The number of nitrogen functional groups attached to an aromatic ring is 1. The molecule has 0 bridgehead atoms. The predicted octanol–water partition coefficient (Wildman–Crippen LogP) is 3.86. The first-order valence-electron chi connectivity index (χ1n) is 6.17. The van der Waals surface area contributed by atoms with Gasteiger partial charge in [0.25, 0.3) is 0 Å². The van der Waals surface area contributed by atoms with Gasteiger partial charge >= 0.3 is 0 Å². The van der Waals surface area contributed by atoms with Crippen LogP contribution in [0, 0.1) is 13.8 Å². The van der Waals surface area contributed by atoms with Crippen LogP contribution >= 0.6 is 11.3 Å². The van der Waals surface area contributed by atoms with E-state index in [1.165, 1.54) is 15.4 Å². The number of nitrogens with two attached hydrogens (primary N) is 1. The Hall–Kier alpha value is -1.35. The molecule has 96 valence electrons. The van der Waals surface area contributed by atoms with E-state index in [0.29, 0.717) is 0 Å². The molecule has 1 aromatic carbocycles. The SMILES string of the molecule is Cc1nc(C(C)(C)Cc2ccc(N)cc2)sc1C. The van der Waals surface area contributed by atoms with Crippen LogP contribution < -0.4 is 5.73 Å². The van der Waals surface area contributed by atoms with Gasteiger partial charge in [0, 0.05) is 16.0 Å². The number of nitrogens with zero attached hydrogens (tertiary/aromatic N) is 1. The van der Waals surface area contributed by atoms with Crippen LogP contribution in [0.25, 0.3) is 0 Å². The molecule has 18 heavy (non-hydrogen) atoms. The summed E-state index contributed by atoms with van der Waals surface area (Å²) in [6, 6.07) is 8.13. The van der Waals surface area contributed by atoms with Crippen molar-refractivity contribution in [1.29, 1.82) is 0 Å². The third-order valence-electron chi connectivity index (χ3n) is 3.23. The van der Waals surface area contributed by atoms with E-state index in [1.807, 2.05) is 23.5 Å². The van der Waals surface area contributed by atoms with Gasteiger partial charge in [-0.05, 0) is 38.0 Å². The van der Waals surface area contributed by atoms with Gasteiger partial charge in [-0.25, -0.2) is 4.98 Å². The normalized spacial score (nSPS) is 11.8. The summed E-state index contributed by atoms with van der Waals surface area (Å²) < 4.78 is 0. The fraction of sp³-hybridized carbons (Fsp3) is 0.400. The van der Waals surface area contributed by atoms with E-state index in [4.69, 9.17) is 5.73 Å². The third kappa shape index (κ3) is 2.72. The highest BCUT2D eigenvalue weighted by Crippen LogP contribution is 2.32. The minimum Gasteiger partial charge on any atom is -0.399 e. The maximum Gasteiger partial charge on any atom is 0.0990 e. The molecule has 0 unspecified atom stereocenters. The Morgan fingerprint density at radius 2 is 1.78 bits per heavy atom. The number of hydrogen-bond acceptors (Lipinski definition) is 3. The van der Waals surface area contributed by atoms with E-state index in [2.05, 4.69) is 44.8 Å². The number of anilines is 1. The van der Waals surface area contributed by atoms with Gasteiger partial charge in [0.15, 0.2) is 0 Å². The van der Waals surface area contributed by atoms with E-state index in [0.717, 1.165) is 17.8 Å². The number of aryl methyl sites for hydroxylation is 2. The molecule has 0 saturated carbocycles. The van der Waals surface area contributed by atoms with E-state index in [1.54, 1.807) is 0 Å². The molecule has 0 aliphatic rings. The molecule has 0 aliphatic carbocycles. The van der Waals surface area contributed by atoms with Crippen LogP contribution in [0.4, 0.5) is 5.69 Å². The largest absolute Gasteiger partial charge is 0.399 e. The lowest BCUT2D eigenvalue weighted by atomic mass is 9.86. The number of aromatic nitrogens is 1. The number of thiazole rings is 1. The highest BCUT2D eigenvalue weighted by atomic mass is 32.1. The van der Waals surface area contributed by atoms with Crippen LogP contribution in [0.2, 0.25) is 0 Å². The highest BCUT2D eigenvalue weighted by Gasteiger charge is 2.25. The molecule has 1 heterocycles. The molecule has 2 aromatic rings. The van der Waals surface area contributed by atoms with Gasteiger partial charge in [0.05, 0.1) is 10.7 Å². The molecule has 2 N–H and O–H groups in total. The first-order chi connectivity index (χ1) is 8.38. The summed E-state index contributed by atoms with van der Waals surface area (Å²) >= 11 is 1.81. The summed E-state index contributed by atoms with van der Waals surface area (Å²) in [7, 11) is 0. The van der Waals surface area contributed by atoms with Gasteiger partial charge in [0.1, 0.15) is 0 Å². The molecule has 0 radical (unpaired) electrons. The zero-order chi connectivity index (χ0) is 13.3. The second kappa shape index (κ2) is 4.73. The molecule has 3 heteroatoms. The fourth-order valence-electron chi connectivity index (χ4n) is 1.98. The van der Waals surface area contributed by atoms with Crippen molar-refractivity contribution in [3.8, 4) is 0 Å². The summed E-state index contributed by atoms with van der Waals surface area (Å²) in [5.41, 5.74) is 9.06. The second-order valence-electron chi connectivity index (χ2n) is 5.46. The van der Waals surface area contributed by atoms with Crippen LogP contribution in [0.3, 0.4) is 0 Å². The molecule has 0 amide bonds. The molecule has 0 saturated heterocycles. The topological polar surface area (TPSA) is 38.9 Å². The zero-order valence-electron chi connectivity index (χ0n) is 11.4. The summed E-state index contributed by atoms with van der Waals surface area (Å²) in [4.78, 5) is 6.00. The van der Waals surface area contributed by atoms with E-state index >= 15 is 0 Å². The van der Waals surface area contributed by atoms with E-state index in [9.17, 15) is 0 Å². The number of hydrogen-bond donors (Lipinski definition) is 1. The maximum absolute atomic E-state index is 5.71. The first-order valence-corrected chi connectivity index (χ1v) is 6.99. The summed E-state index contributed by atoms with van der Waals surface area (Å²) in [5, 5.41) is 1.22. The standard InChI is InChI=1S/C15H20N2S/c1-10-11(2)18-14(17-10)15(3,4)9-12-5-7-13(16)8-6-12/h5-8H,9,16H2,1-4H3. The second-order valence-corrected chi connectivity index (χ2v) is 6.67. The van der Waals surface area contributed by atoms with Crippen LogP contribution in [0.5, 0.6) is 0 Å². The average Bonchev–Trinajstić information content (AvgIpc) is 2.63. The minimum absolute atomic E-state index is 0.0692. The Kier molecular flexibility index (Phi) is 3.44. The van der Waals surface area contributed by atoms with E-state index in [-0.39, 0.29) is 5.41 Å². The molecule has 0 spiro atoms. The summed E-state index contributed by atoms with van der Waals surface area (Å²) in [6.45, 7) is 8.71. The average molecular weight is 260 g/mol. The quantitative estimate of drug-likeness (QED) is 0.851. The molecule has 2 nitrogen and oxygen atoms in total. The Morgan fingerprint density at radius 3 is 2.28 bits per heavy atom. The lowest BCUT2D eigenvalue weighted by molar-refractivity contribution is 0.518. The van der Waals surface area contributed by atoms with Crippen LogP contribution in [-0.4, -0.2) is 4.98 Å². The maximum atomic E-state index is 5.71. The van der Waals surface area contributed by atoms with Crippen molar-refractivity contribution in [2.24, 2.45) is 0 Å². The zero-order valence-corrected chi connectivity index (χ0v) is 12.3. The fourth-order valence-corrected chi connectivity index (χ4v) is 3.00. The molecule has 0 aliphatic heterocycles. The molecule has 0 atom stereocenters. The summed E-state index contributed by atoms with van der Waals surface area (Å²) in [6.07, 6.45) is 0.986. The lowest BCUT2D eigenvalue weighted by Crippen LogP contribution is -2.20. The van der Waals surface area contributed by atoms with Crippen molar-refractivity contribution in [2.75, 3.05) is 5.73 Å². The minimum atomic E-state index is 0.0692. The number of benzene rings is 1. The smallest absolute Gasteiger partial charge is 0.0990 e. The van der Waals surface area contributed by atoms with Crippen LogP contribution in [0.15, 0.2) is 24.3 Å².